The number of esters is 2. The summed E-state index contributed by atoms with van der Waals surface area (Å²) in [6, 6.07) is 0. The van der Waals surface area contributed by atoms with Gasteiger partial charge in [-0.05, 0) is 51.3 Å². The standard InChI is InChI=1S/C28H32O9/c1-12(29)35-15-11-26(5)14(13-9-18(31)36-23(13)34)10-17-28(26,37-17)27(6)20(15)25(4)8-7-16(30)24(2,3)21(25)19(32)22(27)33/h7-9,14-15,17-18,20,31-32H,10-11H2,1-6H3/t14-,15-,17+,18?,20+,25+,26-,27-,28+/m0/s1. The molecule has 1 saturated heterocycles. The van der Waals surface area contributed by atoms with E-state index in [0.717, 1.165) is 0 Å². The van der Waals surface area contributed by atoms with Crippen LogP contribution in [0.1, 0.15) is 54.4 Å². The van der Waals surface area contributed by atoms with Crippen molar-refractivity contribution in [3.63, 3.8) is 0 Å². The van der Waals surface area contributed by atoms with E-state index in [0.29, 0.717) is 17.6 Å². The Balaban J connectivity index is 1.60. The molecule has 4 aliphatic carbocycles. The van der Waals surface area contributed by atoms with Crippen LogP contribution in [0.2, 0.25) is 0 Å². The Morgan fingerprint density at radius 1 is 1.14 bits per heavy atom. The Hall–Kier alpha value is -2.78. The highest BCUT2D eigenvalue weighted by Crippen LogP contribution is 2.81. The van der Waals surface area contributed by atoms with E-state index in [9.17, 15) is 29.4 Å². The molecule has 0 aromatic rings. The minimum atomic E-state index is -1.34. The molecule has 2 saturated carbocycles. The molecular formula is C28H32O9. The Kier molecular flexibility index (Phi) is 4.51. The van der Waals surface area contributed by atoms with Crippen molar-refractivity contribution < 1.29 is 43.6 Å². The number of cyclic esters (lactones) is 1. The number of ether oxygens (including phenoxy) is 3. The maximum absolute atomic E-state index is 14.4. The largest absolute Gasteiger partial charge is 0.504 e. The van der Waals surface area contributed by atoms with Crippen LogP contribution in [0.25, 0.3) is 0 Å². The molecule has 6 aliphatic rings. The first-order valence-electron chi connectivity index (χ1n) is 12.8. The minimum absolute atomic E-state index is 0.225. The van der Waals surface area contributed by atoms with Gasteiger partial charge in [-0.25, -0.2) is 4.79 Å². The summed E-state index contributed by atoms with van der Waals surface area (Å²) < 4.78 is 17.4. The van der Waals surface area contributed by atoms with Crippen LogP contribution < -0.4 is 0 Å². The summed E-state index contributed by atoms with van der Waals surface area (Å²) in [5.74, 6) is -3.41. The molecule has 9 heteroatoms. The van der Waals surface area contributed by atoms with Gasteiger partial charge in [-0.1, -0.05) is 19.9 Å². The lowest BCUT2D eigenvalue weighted by molar-refractivity contribution is -0.203. The second-order valence-corrected chi connectivity index (χ2v) is 12.7. The molecule has 2 heterocycles. The summed E-state index contributed by atoms with van der Waals surface area (Å²) in [5.41, 5.74) is -4.73. The van der Waals surface area contributed by atoms with E-state index in [1.165, 1.54) is 19.1 Å². The van der Waals surface area contributed by atoms with E-state index in [-0.39, 0.29) is 18.3 Å². The molecule has 0 bridgehead atoms. The Bertz CT molecular complexity index is 1290. The maximum atomic E-state index is 14.4. The summed E-state index contributed by atoms with van der Waals surface area (Å²) in [6.07, 6.45) is 2.81. The first-order chi connectivity index (χ1) is 17.1. The van der Waals surface area contributed by atoms with Crippen molar-refractivity contribution in [2.75, 3.05) is 0 Å². The van der Waals surface area contributed by atoms with Crippen molar-refractivity contribution >= 4 is 23.5 Å². The number of hydrogen-bond donors (Lipinski definition) is 2. The van der Waals surface area contributed by atoms with Crippen LogP contribution in [0.5, 0.6) is 0 Å². The van der Waals surface area contributed by atoms with Gasteiger partial charge in [0.25, 0.3) is 0 Å². The zero-order chi connectivity index (χ0) is 27.1. The number of hydrogen-bond acceptors (Lipinski definition) is 9. The molecular weight excluding hydrogens is 480 g/mol. The fourth-order valence-corrected chi connectivity index (χ4v) is 9.41. The molecule has 2 aliphatic heterocycles. The molecule has 0 aromatic heterocycles. The number of rotatable bonds is 2. The van der Waals surface area contributed by atoms with Gasteiger partial charge in [0.2, 0.25) is 12.1 Å². The van der Waals surface area contributed by atoms with Crippen molar-refractivity contribution in [3.05, 3.63) is 35.1 Å². The van der Waals surface area contributed by atoms with Gasteiger partial charge in [-0.15, -0.1) is 0 Å². The minimum Gasteiger partial charge on any atom is -0.504 e. The van der Waals surface area contributed by atoms with Gasteiger partial charge in [0, 0.05) is 35.2 Å². The Morgan fingerprint density at radius 3 is 2.41 bits per heavy atom. The highest BCUT2D eigenvalue weighted by atomic mass is 16.6. The Labute approximate surface area is 214 Å². The molecule has 9 atom stereocenters. The summed E-state index contributed by atoms with van der Waals surface area (Å²) >= 11 is 0. The van der Waals surface area contributed by atoms with Gasteiger partial charge in [0.05, 0.1) is 16.9 Å². The highest BCUT2D eigenvalue weighted by molar-refractivity contribution is 6.06. The van der Waals surface area contributed by atoms with Crippen molar-refractivity contribution in [3.8, 4) is 0 Å². The molecule has 6 rings (SSSR count). The normalized spacial score (nSPS) is 49.0. The third kappa shape index (κ3) is 2.53. The molecule has 1 unspecified atom stereocenters. The number of fused-ring (bicyclic) bond motifs is 3. The lowest BCUT2D eigenvalue weighted by Gasteiger charge is -2.64. The molecule has 0 amide bonds. The number of aliphatic hydroxyl groups excluding tert-OH is 2. The van der Waals surface area contributed by atoms with Crippen LogP contribution in [-0.2, 0) is 33.4 Å². The van der Waals surface area contributed by atoms with E-state index in [2.05, 4.69) is 0 Å². The maximum Gasteiger partial charge on any atom is 0.336 e. The van der Waals surface area contributed by atoms with Gasteiger partial charge >= 0.3 is 11.9 Å². The summed E-state index contributed by atoms with van der Waals surface area (Å²) in [4.78, 5) is 52.3. The number of ketones is 2. The van der Waals surface area contributed by atoms with E-state index >= 15 is 0 Å². The first kappa shape index (κ1) is 24.6. The van der Waals surface area contributed by atoms with Crippen LogP contribution in [0.3, 0.4) is 0 Å². The lowest BCUT2D eigenvalue weighted by atomic mass is 9.38. The summed E-state index contributed by atoms with van der Waals surface area (Å²) in [6.45, 7) is 10.3. The number of aliphatic hydroxyl groups is 2. The van der Waals surface area contributed by atoms with Crippen LogP contribution in [0.4, 0.5) is 0 Å². The second kappa shape index (κ2) is 6.80. The fourth-order valence-electron chi connectivity index (χ4n) is 9.41. The summed E-state index contributed by atoms with van der Waals surface area (Å²) in [5, 5.41) is 21.5. The third-order valence-electron chi connectivity index (χ3n) is 10.6. The van der Waals surface area contributed by atoms with Gasteiger partial charge in [0.15, 0.2) is 11.5 Å². The van der Waals surface area contributed by atoms with Crippen LogP contribution in [-0.4, -0.2) is 57.8 Å². The van der Waals surface area contributed by atoms with Crippen molar-refractivity contribution in [1.82, 2.24) is 0 Å². The zero-order valence-electron chi connectivity index (χ0n) is 21.8. The molecule has 0 aromatic carbocycles. The molecule has 37 heavy (non-hydrogen) atoms. The molecule has 2 N–H and O–H groups in total. The van der Waals surface area contributed by atoms with Gasteiger partial charge in [-0.3, -0.25) is 14.4 Å². The second-order valence-electron chi connectivity index (χ2n) is 12.7. The van der Waals surface area contributed by atoms with E-state index in [1.807, 2.05) is 13.8 Å². The Morgan fingerprint density at radius 2 is 1.81 bits per heavy atom. The van der Waals surface area contributed by atoms with Crippen molar-refractivity contribution in [1.29, 1.82) is 0 Å². The third-order valence-corrected chi connectivity index (χ3v) is 10.6. The van der Waals surface area contributed by atoms with Gasteiger partial charge < -0.3 is 24.4 Å². The van der Waals surface area contributed by atoms with E-state index in [4.69, 9.17) is 14.2 Å². The number of carbonyl (C=O) groups is 4. The quantitative estimate of drug-likeness (QED) is 0.422. The fraction of sp³-hybridized carbons (Fsp3) is 0.643. The number of Topliss-reactive ketones (excluding diaryl/α,β-unsaturated/α-hetero) is 1. The zero-order valence-corrected chi connectivity index (χ0v) is 21.8. The monoisotopic (exact) mass is 512 g/mol. The van der Waals surface area contributed by atoms with E-state index < -0.39 is 75.0 Å². The van der Waals surface area contributed by atoms with Gasteiger partial charge in [-0.2, -0.15) is 0 Å². The topological polar surface area (TPSA) is 140 Å². The molecule has 1 spiro atoms. The van der Waals surface area contributed by atoms with Crippen LogP contribution >= 0.6 is 0 Å². The first-order valence-corrected chi connectivity index (χ1v) is 12.8. The molecule has 198 valence electrons. The number of allylic oxidation sites excluding steroid dienone is 4. The molecule has 9 nitrogen and oxygen atoms in total. The SMILES string of the molecule is CC(=O)O[C@H]1C[C@@]2(C)[C@H](C3=CC(O)OC3=O)C[C@H]3O[C@]32[C@]2(C)C(=O)C(O)=C3C(C)(C)C(=O)C=C[C@]3(C)[C@@H]12. The molecule has 3 fully saturated rings. The van der Waals surface area contributed by atoms with E-state index in [1.54, 1.807) is 26.8 Å². The highest BCUT2D eigenvalue weighted by Gasteiger charge is 2.89. The smallest absolute Gasteiger partial charge is 0.336 e. The van der Waals surface area contributed by atoms with Crippen LogP contribution in [0, 0.1) is 33.5 Å². The van der Waals surface area contributed by atoms with Crippen molar-refractivity contribution in [2.45, 2.75) is 78.5 Å². The molecule has 0 radical (unpaired) electrons. The summed E-state index contributed by atoms with van der Waals surface area (Å²) in [7, 11) is 0. The predicted octanol–water partition coefficient (Wildman–Crippen LogP) is 2.48. The number of epoxide rings is 1. The average molecular weight is 513 g/mol. The van der Waals surface area contributed by atoms with Gasteiger partial charge in [0.1, 0.15) is 11.7 Å². The number of carbonyl (C=O) groups excluding carboxylic acids is 4. The average Bonchev–Trinajstić information content (AvgIpc) is 3.34. The van der Waals surface area contributed by atoms with Crippen LogP contribution in [0.15, 0.2) is 35.1 Å². The van der Waals surface area contributed by atoms with Crippen molar-refractivity contribution in [2.24, 2.45) is 33.5 Å². The predicted molar refractivity (Wildman–Crippen MR) is 126 cm³/mol. The lowest BCUT2D eigenvalue weighted by Crippen LogP contribution is -2.71.